The zero-order valence-electron chi connectivity index (χ0n) is 8.72. The molecule has 5 nitrogen and oxygen atoms in total. The van der Waals surface area contributed by atoms with Crippen molar-refractivity contribution in [3.8, 4) is 0 Å². The van der Waals surface area contributed by atoms with Crippen molar-refractivity contribution < 1.29 is 9.66 Å². The van der Waals surface area contributed by atoms with Crippen LogP contribution in [0.25, 0.3) is 0 Å². The van der Waals surface area contributed by atoms with Crippen molar-refractivity contribution in [3.63, 3.8) is 0 Å². The lowest BCUT2D eigenvalue weighted by Crippen LogP contribution is -2.51. The molecule has 6 heteroatoms. The van der Waals surface area contributed by atoms with Crippen LogP contribution in [0.1, 0.15) is 0 Å². The normalized spacial score (nSPS) is 16.0. The number of halogens is 1. The zero-order chi connectivity index (χ0) is 11.7. The lowest BCUT2D eigenvalue weighted by molar-refractivity contribution is -0.384. The fourth-order valence-corrected chi connectivity index (χ4v) is 2.11. The van der Waals surface area contributed by atoms with Gasteiger partial charge in [-0.2, -0.15) is 0 Å². The highest BCUT2D eigenvalue weighted by molar-refractivity contribution is 9.10. The first-order chi connectivity index (χ1) is 7.60. The van der Waals surface area contributed by atoms with Crippen LogP contribution in [0.5, 0.6) is 0 Å². The average molecular weight is 287 g/mol. The zero-order valence-corrected chi connectivity index (χ0v) is 10.3. The van der Waals surface area contributed by atoms with Crippen LogP contribution in [0.15, 0.2) is 22.7 Å². The van der Waals surface area contributed by atoms with E-state index in [-0.39, 0.29) is 16.7 Å². The molecule has 0 N–H and O–H groups in total. The summed E-state index contributed by atoms with van der Waals surface area (Å²) in [6, 6.07) is 4.95. The van der Waals surface area contributed by atoms with Gasteiger partial charge in [-0.3, -0.25) is 10.1 Å². The second-order valence-electron chi connectivity index (χ2n) is 3.69. The number of anilines is 1. The van der Waals surface area contributed by atoms with Gasteiger partial charge in [0, 0.05) is 42.5 Å². The number of nitro groups is 1. The Kier molecular flexibility index (Phi) is 3.11. The van der Waals surface area contributed by atoms with Gasteiger partial charge in [0.05, 0.1) is 11.0 Å². The molecule has 1 aromatic carbocycles. The number of hydrogen-bond donors (Lipinski definition) is 0. The highest BCUT2D eigenvalue weighted by Crippen LogP contribution is 2.30. The minimum Gasteiger partial charge on any atom is -0.378 e. The fraction of sp³-hybridized carbons (Fsp3) is 0.400. The van der Waals surface area contributed by atoms with Gasteiger partial charge in [0.15, 0.2) is 0 Å². The van der Waals surface area contributed by atoms with Gasteiger partial charge in [0.2, 0.25) is 0 Å². The standard InChI is InChI=1S/C10H11BrN2O3/c1-16-10-5-12(6-10)8-2-7(11)3-9(4-8)13(14)15/h2-4,10H,5-6H2,1H3. The summed E-state index contributed by atoms with van der Waals surface area (Å²) in [5, 5.41) is 10.7. The molecule has 1 heterocycles. The molecule has 16 heavy (non-hydrogen) atoms. The van der Waals surface area contributed by atoms with Crippen molar-refractivity contribution in [3.05, 3.63) is 32.8 Å². The van der Waals surface area contributed by atoms with Gasteiger partial charge in [0.1, 0.15) is 0 Å². The maximum atomic E-state index is 10.7. The van der Waals surface area contributed by atoms with Gasteiger partial charge in [-0.05, 0) is 6.07 Å². The Balaban J connectivity index is 2.19. The Morgan fingerprint density at radius 3 is 2.75 bits per heavy atom. The van der Waals surface area contributed by atoms with E-state index in [0.717, 1.165) is 23.2 Å². The summed E-state index contributed by atoms with van der Waals surface area (Å²) in [6.07, 6.45) is 0.234. The number of nitro benzene ring substituents is 1. The third kappa shape index (κ3) is 2.17. The molecular weight excluding hydrogens is 276 g/mol. The van der Waals surface area contributed by atoms with Crippen LogP contribution in [-0.4, -0.2) is 31.2 Å². The number of benzene rings is 1. The molecule has 0 bridgehead atoms. The predicted octanol–water partition coefficient (Wildman–Crippen LogP) is 2.19. The summed E-state index contributed by atoms with van der Waals surface area (Å²) in [6.45, 7) is 1.56. The Bertz CT molecular complexity index is 419. The van der Waals surface area contributed by atoms with Crippen LogP contribution in [0.4, 0.5) is 11.4 Å². The number of methoxy groups -OCH3 is 1. The van der Waals surface area contributed by atoms with E-state index < -0.39 is 0 Å². The monoisotopic (exact) mass is 286 g/mol. The van der Waals surface area contributed by atoms with E-state index in [1.807, 2.05) is 11.0 Å². The molecule has 1 aliphatic heterocycles. The van der Waals surface area contributed by atoms with Gasteiger partial charge in [-0.1, -0.05) is 15.9 Å². The molecule has 0 aromatic heterocycles. The molecule has 0 spiro atoms. The number of non-ortho nitro benzene ring substituents is 1. The predicted molar refractivity (Wildman–Crippen MR) is 63.8 cm³/mol. The van der Waals surface area contributed by atoms with Crippen LogP contribution in [-0.2, 0) is 4.74 Å². The van der Waals surface area contributed by atoms with Crippen molar-refractivity contribution in [1.29, 1.82) is 0 Å². The molecule has 0 aliphatic carbocycles. The van der Waals surface area contributed by atoms with Crippen molar-refractivity contribution in [2.75, 3.05) is 25.1 Å². The molecule has 0 radical (unpaired) electrons. The molecule has 86 valence electrons. The Hall–Kier alpha value is -1.14. The first-order valence-electron chi connectivity index (χ1n) is 4.83. The molecule has 1 aliphatic rings. The molecule has 0 atom stereocenters. The molecule has 1 aromatic rings. The first-order valence-corrected chi connectivity index (χ1v) is 5.62. The van der Waals surface area contributed by atoms with Crippen LogP contribution in [0, 0.1) is 10.1 Å². The summed E-state index contributed by atoms with van der Waals surface area (Å²) in [7, 11) is 1.67. The summed E-state index contributed by atoms with van der Waals surface area (Å²) >= 11 is 3.27. The maximum absolute atomic E-state index is 10.7. The van der Waals surface area contributed by atoms with E-state index in [4.69, 9.17) is 4.74 Å². The van der Waals surface area contributed by atoms with E-state index in [2.05, 4.69) is 15.9 Å². The van der Waals surface area contributed by atoms with Crippen molar-refractivity contribution in [2.45, 2.75) is 6.10 Å². The lowest BCUT2D eigenvalue weighted by Gasteiger charge is -2.39. The number of nitrogens with zero attached hydrogens (tertiary/aromatic N) is 2. The fourth-order valence-electron chi connectivity index (χ4n) is 1.65. The SMILES string of the molecule is COC1CN(c2cc(Br)cc([N+](=O)[O-])c2)C1. The average Bonchev–Trinajstić information content (AvgIpc) is 2.15. The van der Waals surface area contributed by atoms with Gasteiger partial charge in [0.25, 0.3) is 5.69 Å². The topological polar surface area (TPSA) is 55.6 Å². The highest BCUT2D eigenvalue weighted by atomic mass is 79.9. The summed E-state index contributed by atoms with van der Waals surface area (Å²) < 4.78 is 5.88. The molecule has 0 unspecified atom stereocenters. The Morgan fingerprint density at radius 2 is 2.19 bits per heavy atom. The molecule has 0 saturated carbocycles. The smallest absolute Gasteiger partial charge is 0.272 e. The van der Waals surface area contributed by atoms with Crippen molar-refractivity contribution in [2.24, 2.45) is 0 Å². The van der Waals surface area contributed by atoms with Crippen molar-refractivity contribution in [1.82, 2.24) is 0 Å². The largest absolute Gasteiger partial charge is 0.378 e. The van der Waals surface area contributed by atoms with Crippen LogP contribution in [0.2, 0.25) is 0 Å². The Morgan fingerprint density at radius 1 is 1.50 bits per heavy atom. The molecule has 2 rings (SSSR count). The minimum absolute atomic E-state index is 0.102. The lowest BCUT2D eigenvalue weighted by atomic mass is 10.1. The summed E-state index contributed by atoms with van der Waals surface area (Å²) in [5.74, 6) is 0. The van der Waals surface area contributed by atoms with Gasteiger partial charge in [-0.25, -0.2) is 0 Å². The van der Waals surface area contributed by atoms with Gasteiger partial charge < -0.3 is 9.64 Å². The summed E-state index contributed by atoms with van der Waals surface area (Å²) in [4.78, 5) is 12.4. The molecular formula is C10H11BrN2O3. The first kappa shape index (κ1) is 11.3. The number of hydrogen-bond acceptors (Lipinski definition) is 4. The maximum Gasteiger partial charge on any atom is 0.272 e. The van der Waals surface area contributed by atoms with E-state index in [0.29, 0.717) is 0 Å². The quantitative estimate of drug-likeness (QED) is 0.631. The van der Waals surface area contributed by atoms with E-state index in [1.165, 1.54) is 6.07 Å². The highest BCUT2D eigenvalue weighted by Gasteiger charge is 2.27. The van der Waals surface area contributed by atoms with Gasteiger partial charge in [-0.15, -0.1) is 0 Å². The van der Waals surface area contributed by atoms with Crippen LogP contribution >= 0.6 is 15.9 Å². The van der Waals surface area contributed by atoms with E-state index in [1.54, 1.807) is 13.2 Å². The number of ether oxygens (including phenoxy) is 1. The third-order valence-electron chi connectivity index (χ3n) is 2.62. The second kappa shape index (κ2) is 4.39. The molecule has 0 amide bonds. The third-order valence-corrected chi connectivity index (χ3v) is 3.08. The minimum atomic E-state index is -0.387. The number of rotatable bonds is 3. The van der Waals surface area contributed by atoms with E-state index in [9.17, 15) is 10.1 Å². The van der Waals surface area contributed by atoms with Crippen molar-refractivity contribution >= 4 is 27.3 Å². The molecule has 1 saturated heterocycles. The Labute approximate surface area is 101 Å². The van der Waals surface area contributed by atoms with E-state index >= 15 is 0 Å². The van der Waals surface area contributed by atoms with Gasteiger partial charge >= 0.3 is 0 Å². The van der Waals surface area contributed by atoms with Crippen LogP contribution in [0.3, 0.4) is 0 Å². The van der Waals surface area contributed by atoms with Crippen LogP contribution < -0.4 is 4.90 Å². The molecule has 1 fully saturated rings. The second-order valence-corrected chi connectivity index (χ2v) is 4.60. The summed E-state index contributed by atoms with van der Waals surface area (Å²) in [5.41, 5.74) is 0.958.